The summed E-state index contributed by atoms with van der Waals surface area (Å²) in [4.78, 5) is 50.2. The molecule has 3 aliphatic heterocycles. The smallest absolute Gasteiger partial charge is 0.256 e. The third-order valence-corrected chi connectivity index (χ3v) is 10.2. The van der Waals surface area contributed by atoms with Crippen molar-refractivity contribution in [1.29, 1.82) is 0 Å². The highest BCUT2D eigenvalue weighted by Crippen LogP contribution is 2.44. The quantitative estimate of drug-likeness (QED) is 0.128. The number of aliphatic hydroxyl groups excluding tert-OH is 4. The summed E-state index contributed by atoms with van der Waals surface area (Å²) in [5.74, 6) is -0.926. The minimum atomic E-state index is -1.27. The summed E-state index contributed by atoms with van der Waals surface area (Å²) in [6.07, 6.45) is -0.825. The van der Waals surface area contributed by atoms with Gasteiger partial charge < -0.3 is 54.7 Å². The van der Waals surface area contributed by atoms with Crippen molar-refractivity contribution in [3.05, 3.63) is 97.1 Å². The van der Waals surface area contributed by atoms with Crippen LogP contribution in [0.4, 0.5) is 11.6 Å². The number of hydrogen-bond acceptors (Lipinski definition) is 17. The largest absolute Gasteiger partial charge is 0.394 e. The van der Waals surface area contributed by atoms with Gasteiger partial charge >= 0.3 is 0 Å². The fraction of sp³-hybridized carbons (Fsp3) is 0.429. The lowest BCUT2D eigenvalue weighted by atomic mass is 10.1. The van der Waals surface area contributed by atoms with Crippen LogP contribution in [0.25, 0.3) is 22.3 Å². The Morgan fingerprint density at radius 3 is 1.57 bits per heavy atom. The Hall–Kier alpha value is -5.88. The van der Waals surface area contributed by atoms with Crippen LogP contribution in [0.15, 0.2) is 86.0 Å². The van der Waals surface area contributed by atoms with Gasteiger partial charge in [-0.3, -0.25) is 18.7 Å². The van der Waals surface area contributed by atoms with Gasteiger partial charge in [-0.1, -0.05) is 36.4 Å². The molecule has 0 radical (unpaired) electrons. The second-order valence-electron chi connectivity index (χ2n) is 16.1. The number of hydrogen-bond donors (Lipinski definition) is 6. The maximum absolute atomic E-state index is 12.5. The van der Waals surface area contributed by atoms with Crippen LogP contribution in [0, 0.1) is 0 Å². The molecule has 8 atom stereocenters. The summed E-state index contributed by atoms with van der Waals surface area (Å²) in [5, 5.41) is 44.6. The molecule has 6 N–H and O–H groups in total. The first-order chi connectivity index (χ1) is 30.1. The number of aromatic nitrogens is 8. The predicted molar refractivity (Wildman–Crippen MR) is 224 cm³/mol. The van der Waals surface area contributed by atoms with Crippen molar-refractivity contribution in [2.75, 3.05) is 31.0 Å². The number of imidazole rings is 2. The summed E-state index contributed by atoms with van der Waals surface area (Å²) < 4.78 is 31.5. The number of ether oxygens (including phenoxy) is 5. The first-order valence-electron chi connectivity index (χ1n) is 20.0. The fourth-order valence-electron chi connectivity index (χ4n) is 6.94. The van der Waals surface area contributed by atoms with Crippen LogP contribution >= 0.6 is 0 Å². The minimum Gasteiger partial charge on any atom is -0.394 e. The highest BCUT2D eigenvalue weighted by molar-refractivity contribution is 6.07. The first kappa shape index (κ1) is 45.2. The summed E-state index contributed by atoms with van der Waals surface area (Å²) in [6, 6.07) is 17.5. The van der Waals surface area contributed by atoms with Gasteiger partial charge in [-0.2, -0.15) is 0 Å². The van der Waals surface area contributed by atoms with Gasteiger partial charge in [0.05, 0.1) is 31.5 Å². The molecule has 2 aromatic carbocycles. The van der Waals surface area contributed by atoms with E-state index in [1.807, 2.05) is 46.8 Å². The SMILES string of the molecule is CC1(C)OC2[C@@H](O1)[C@@H](CO)O[C@H]2n1cnc2c(NC(=O)c3ccccc3)ncnc21.COC(C)(C)C.O=C(Nc1ncnc2c1ncn2[C@@H]1O[C@H](CO)[C@H](O)C1O)c1ccccc1. The molecule has 21 heteroatoms. The number of amides is 2. The van der Waals surface area contributed by atoms with Crippen molar-refractivity contribution in [1.82, 2.24) is 39.0 Å². The molecule has 4 aromatic heterocycles. The summed E-state index contributed by atoms with van der Waals surface area (Å²) in [5.41, 5.74) is 2.53. The zero-order chi connectivity index (χ0) is 45.1. The summed E-state index contributed by atoms with van der Waals surface area (Å²) in [7, 11) is 1.71. The lowest BCUT2D eigenvalue weighted by Crippen LogP contribution is -2.33. The Labute approximate surface area is 361 Å². The molecule has 3 aliphatic rings. The van der Waals surface area contributed by atoms with Gasteiger partial charge in [0.1, 0.15) is 49.3 Å². The van der Waals surface area contributed by atoms with Crippen molar-refractivity contribution in [3.8, 4) is 0 Å². The Bertz CT molecular complexity index is 2500. The normalized spacial score (nSPS) is 24.9. The van der Waals surface area contributed by atoms with E-state index in [9.17, 15) is 30.0 Å². The van der Waals surface area contributed by atoms with E-state index in [0.29, 0.717) is 39.3 Å². The monoisotopic (exact) mass is 870 g/mol. The minimum absolute atomic E-state index is 0.0417. The topological polar surface area (TPSA) is 272 Å². The number of methoxy groups -OCH3 is 1. The highest BCUT2D eigenvalue weighted by Gasteiger charge is 2.56. The van der Waals surface area contributed by atoms with E-state index in [4.69, 9.17) is 23.7 Å². The van der Waals surface area contributed by atoms with Crippen LogP contribution in [-0.4, -0.2) is 140 Å². The standard InChI is InChI=1S/C20H21N5O5.C17H17N5O5.C5H12O/c1-20(2)29-14-12(8-26)28-19(15(14)30-20)25-10-23-13-16(21-9-22-17(13)25)24-18(27)11-6-4-3-5-7-11;23-6-10-12(24)13(25)17(27-10)22-8-20-11-14(18-7-19-15(11)22)21-16(26)9-4-2-1-3-5-9;1-5(2,3)6-4/h3-7,9-10,12,14-15,19,26H,8H2,1-2H3,(H,21,22,24,27);1-5,7-8,10,12-13,17,23-25H,6H2,(H,18,19,21,26);1-4H3/t12-,14+,15?,19-;10-,12+,13?,17-;/m11./s1. The molecule has 0 spiro atoms. The second-order valence-corrected chi connectivity index (χ2v) is 16.1. The zero-order valence-corrected chi connectivity index (χ0v) is 35.3. The zero-order valence-electron chi connectivity index (χ0n) is 35.3. The Morgan fingerprint density at radius 2 is 1.13 bits per heavy atom. The van der Waals surface area contributed by atoms with Gasteiger partial charge in [0.25, 0.3) is 11.8 Å². The molecule has 63 heavy (non-hydrogen) atoms. The van der Waals surface area contributed by atoms with Crippen LogP contribution in [0.5, 0.6) is 0 Å². The molecule has 3 saturated heterocycles. The first-order valence-corrected chi connectivity index (χ1v) is 20.0. The third kappa shape index (κ3) is 9.86. The summed E-state index contributed by atoms with van der Waals surface area (Å²) >= 11 is 0. The lowest BCUT2D eigenvalue weighted by molar-refractivity contribution is -0.199. The number of anilines is 2. The van der Waals surface area contributed by atoms with Crippen LogP contribution < -0.4 is 10.6 Å². The van der Waals surface area contributed by atoms with Crippen molar-refractivity contribution in [3.63, 3.8) is 0 Å². The van der Waals surface area contributed by atoms with E-state index in [1.54, 1.807) is 66.5 Å². The average Bonchev–Trinajstić information content (AvgIpc) is 4.10. The van der Waals surface area contributed by atoms with Crippen molar-refractivity contribution in [2.45, 2.75) is 95.1 Å². The maximum atomic E-state index is 12.5. The number of nitrogens with one attached hydrogen (secondary N) is 2. The highest BCUT2D eigenvalue weighted by atomic mass is 16.8. The molecule has 334 valence electrons. The Balaban J connectivity index is 0.000000168. The molecule has 3 fully saturated rings. The molecule has 7 heterocycles. The lowest BCUT2D eigenvalue weighted by Gasteiger charge is -2.24. The van der Waals surface area contributed by atoms with Gasteiger partial charge in [0, 0.05) is 18.2 Å². The van der Waals surface area contributed by atoms with E-state index in [1.165, 1.54) is 23.5 Å². The van der Waals surface area contributed by atoms with Gasteiger partial charge in [-0.05, 0) is 58.9 Å². The predicted octanol–water partition coefficient (Wildman–Crippen LogP) is 2.61. The third-order valence-electron chi connectivity index (χ3n) is 10.2. The summed E-state index contributed by atoms with van der Waals surface area (Å²) in [6.45, 7) is 9.07. The number of carbonyl (C=O) groups is 2. The number of rotatable bonds is 8. The molecule has 6 aromatic rings. The Kier molecular flexibility index (Phi) is 13.5. The molecule has 2 amide bonds. The molecular weight excluding hydrogens is 821 g/mol. The maximum Gasteiger partial charge on any atom is 0.256 e. The second kappa shape index (κ2) is 18.8. The van der Waals surface area contributed by atoms with E-state index >= 15 is 0 Å². The molecule has 2 unspecified atom stereocenters. The Morgan fingerprint density at radius 1 is 0.683 bits per heavy atom. The van der Waals surface area contributed by atoms with E-state index in [2.05, 4.69) is 40.5 Å². The number of nitrogens with zero attached hydrogens (tertiary/aromatic N) is 8. The van der Waals surface area contributed by atoms with Crippen molar-refractivity contribution < 1.29 is 53.7 Å². The molecule has 0 aliphatic carbocycles. The molecule has 9 rings (SSSR count). The van der Waals surface area contributed by atoms with Crippen LogP contribution in [-0.2, 0) is 23.7 Å². The van der Waals surface area contributed by atoms with Crippen LogP contribution in [0.2, 0.25) is 0 Å². The fourth-order valence-corrected chi connectivity index (χ4v) is 6.94. The molecular formula is C42H50N10O11. The van der Waals surface area contributed by atoms with Gasteiger partial charge in [-0.15, -0.1) is 0 Å². The van der Waals surface area contributed by atoms with Gasteiger partial charge in [0.2, 0.25) is 0 Å². The number of fused-ring (bicyclic) bond motifs is 3. The van der Waals surface area contributed by atoms with Gasteiger partial charge in [0.15, 0.2) is 52.2 Å². The van der Waals surface area contributed by atoms with Gasteiger partial charge in [-0.25, -0.2) is 29.9 Å². The number of benzene rings is 2. The van der Waals surface area contributed by atoms with Crippen molar-refractivity contribution >= 4 is 45.8 Å². The number of aliphatic hydroxyl groups is 4. The molecule has 0 saturated carbocycles. The van der Waals surface area contributed by atoms with E-state index in [-0.39, 0.29) is 29.8 Å². The molecule has 0 bridgehead atoms. The van der Waals surface area contributed by atoms with Crippen LogP contribution in [0.3, 0.4) is 0 Å². The van der Waals surface area contributed by atoms with Crippen molar-refractivity contribution in [2.24, 2.45) is 0 Å². The van der Waals surface area contributed by atoms with E-state index in [0.717, 1.165) is 0 Å². The van der Waals surface area contributed by atoms with Crippen LogP contribution in [0.1, 0.15) is 67.8 Å². The molecule has 21 nitrogen and oxygen atoms in total. The number of carbonyl (C=O) groups excluding carboxylic acids is 2. The van der Waals surface area contributed by atoms with E-state index < -0.39 is 61.5 Å². The average molecular weight is 871 g/mol.